The van der Waals surface area contributed by atoms with E-state index in [4.69, 9.17) is 0 Å². The summed E-state index contributed by atoms with van der Waals surface area (Å²) in [5, 5.41) is 4.24. The number of amides is 1. The average molecular weight is 354 g/mol. The largest absolute Gasteiger partial charge is 0.332 e. The highest BCUT2D eigenvalue weighted by molar-refractivity contribution is 7.91. The molecule has 2 atom stereocenters. The van der Waals surface area contributed by atoms with Crippen LogP contribution in [-0.2, 0) is 16.9 Å². The smallest absolute Gasteiger partial charge is 0.257 e. The number of fused-ring (bicyclic) bond motifs is 1. The Morgan fingerprint density at radius 1 is 1.29 bits per heavy atom. The molecule has 1 aromatic heterocycles. The lowest BCUT2D eigenvalue weighted by atomic mass is 10.0. The minimum absolute atomic E-state index is 0.0668. The summed E-state index contributed by atoms with van der Waals surface area (Å²) in [4.78, 5) is 17.0. The third-order valence-electron chi connectivity index (χ3n) is 4.90. The summed E-state index contributed by atoms with van der Waals surface area (Å²) in [6.45, 7) is 8.23. The molecule has 2 fully saturated rings. The topological polar surface area (TPSA) is 75.5 Å². The number of hydrogen-bond donors (Lipinski definition) is 0. The van der Waals surface area contributed by atoms with E-state index < -0.39 is 9.84 Å². The van der Waals surface area contributed by atoms with Gasteiger partial charge in [-0.1, -0.05) is 13.8 Å². The third kappa shape index (κ3) is 3.21. The summed E-state index contributed by atoms with van der Waals surface area (Å²) in [5.41, 5.74) is 1.25. The minimum Gasteiger partial charge on any atom is -0.332 e. The summed E-state index contributed by atoms with van der Waals surface area (Å²) in [6.07, 6.45) is 1.72. The maximum atomic E-state index is 13.0. The number of nitrogens with zero attached hydrogens (tertiary/aromatic N) is 4. The predicted molar refractivity (Wildman–Crippen MR) is 91.6 cm³/mol. The molecule has 2 saturated heterocycles. The fraction of sp³-hybridized carbons (Fsp3) is 0.750. The van der Waals surface area contributed by atoms with Crippen molar-refractivity contribution in [2.24, 2.45) is 13.0 Å². The fourth-order valence-electron chi connectivity index (χ4n) is 3.94. The first-order valence-electron chi connectivity index (χ1n) is 8.43. The van der Waals surface area contributed by atoms with Gasteiger partial charge in [0.25, 0.3) is 5.91 Å². The number of piperazine rings is 1. The summed E-state index contributed by atoms with van der Waals surface area (Å²) in [6, 6.07) is -0.346. The van der Waals surface area contributed by atoms with Gasteiger partial charge in [0.05, 0.1) is 28.8 Å². The average Bonchev–Trinajstić information content (AvgIpc) is 2.96. The molecule has 3 heterocycles. The van der Waals surface area contributed by atoms with Crippen LogP contribution in [0.5, 0.6) is 0 Å². The molecule has 2 aliphatic rings. The number of hydrogen-bond acceptors (Lipinski definition) is 5. The van der Waals surface area contributed by atoms with Crippen LogP contribution in [-0.4, -0.2) is 77.1 Å². The van der Waals surface area contributed by atoms with Crippen LogP contribution in [0, 0.1) is 12.8 Å². The summed E-state index contributed by atoms with van der Waals surface area (Å²) >= 11 is 0. The van der Waals surface area contributed by atoms with Crippen molar-refractivity contribution in [3.05, 3.63) is 17.5 Å². The van der Waals surface area contributed by atoms with Crippen LogP contribution in [0.15, 0.2) is 6.20 Å². The number of aromatic nitrogens is 2. The number of carbonyl (C=O) groups excluding carboxylic acids is 1. The van der Waals surface area contributed by atoms with Crippen molar-refractivity contribution in [2.75, 3.05) is 31.1 Å². The Morgan fingerprint density at radius 3 is 2.54 bits per heavy atom. The second kappa shape index (κ2) is 6.15. The van der Waals surface area contributed by atoms with E-state index in [1.165, 1.54) is 0 Å². The lowest BCUT2D eigenvalue weighted by Crippen LogP contribution is -2.61. The summed E-state index contributed by atoms with van der Waals surface area (Å²) < 4.78 is 26.1. The van der Waals surface area contributed by atoms with Gasteiger partial charge < -0.3 is 4.90 Å². The van der Waals surface area contributed by atoms with Gasteiger partial charge >= 0.3 is 0 Å². The highest BCUT2D eigenvalue weighted by Crippen LogP contribution is 2.29. The Labute approximate surface area is 143 Å². The Balaban J connectivity index is 1.88. The van der Waals surface area contributed by atoms with E-state index in [2.05, 4.69) is 23.8 Å². The van der Waals surface area contributed by atoms with Crippen molar-refractivity contribution in [1.29, 1.82) is 0 Å². The van der Waals surface area contributed by atoms with E-state index in [1.54, 1.807) is 22.8 Å². The van der Waals surface area contributed by atoms with Gasteiger partial charge in [-0.05, 0) is 12.8 Å². The predicted octanol–water partition coefficient (Wildman–Crippen LogP) is 0.308. The molecule has 3 rings (SSSR count). The Morgan fingerprint density at radius 2 is 1.96 bits per heavy atom. The van der Waals surface area contributed by atoms with Crippen molar-refractivity contribution < 1.29 is 13.2 Å². The molecule has 0 N–H and O–H groups in total. The molecule has 0 aromatic carbocycles. The second-order valence-electron chi connectivity index (χ2n) is 7.40. The standard InChI is InChI=1S/C16H26N4O3S/c1-11(2)7-19-5-6-20(15-10-24(22,23)9-14(15)19)16(21)13-8-18(4)17-12(13)3/h8,11,14-15H,5-7,9-10H2,1-4H3/t14-,15+/m1/s1. The number of carbonyl (C=O) groups is 1. The molecule has 1 aromatic rings. The van der Waals surface area contributed by atoms with Gasteiger partial charge in [-0.2, -0.15) is 5.10 Å². The first kappa shape index (κ1) is 17.4. The van der Waals surface area contributed by atoms with Crippen molar-refractivity contribution in [1.82, 2.24) is 19.6 Å². The second-order valence-corrected chi connectivity index (χ2v) is 9.55. The molecule has 0 unspecified atom stereocenters. The van der Waals surface area contributed by atoms with Crippen molar-refractivity contribution in [2.45, 2.75) is 32.9 Å². The van der Waals surface area contributed by atoms with E-state index in [0.29, 0.717) is 23.7 Å². The fourth-order valence-corrected chi connectivity index (χ4v) is 5.95. The molecular formula is C16H26N4O3S. The maximum Gasteiger partial charge on any atom is 0.257 e. The number of aryl methyl sites for hydroxylation is 2. The zero-order valence-corrected chi connectivity index (χ0v) is 15.6. The van der Waals surface area contributed by atoms with Gasteiger partial charge in [-0.15, -0.1) is 0 Å². The van der Waals surface area contributed by atoms with Gasteiger partial charge in [0, 0.05) is 38.9 Å². The van der Waals surface area contributed by atoms with Crippen LogP contribution in [0.25, 0.3) is 0 Å². The van der Waals surface area contributed by atoms with Gasteiger partial charge in [0.15, 0.2) is 9.84 Å². The molecule has 24 heavy (non-hydrogen) atoms. The molecule has 2 aliphatic heterocycles. The van der Waals surface area contributed by atoms with Crippen molar-refractivity contribution in [3.8, 4) is 0 Å². The third-order valence-corrected chi connectivity index (χ3v) is 6.59. The van der Waals surface area contributed by atoms with Crippen LogP contribution in [0.3, 0.4) is 0 Å². The lowest BCUT2D eigenvalue weighted by Gasteiger charge is -2.44. The highest BCUT2D eigenvalue weighted by Gasteiger charge is 2.48. The zero-order valence-electron chi connectivity index (χ0n) is 14.8. The van der Waals surface area contributed by atoms with Crippen LogP contribution in [0.2, 0.25) is 0 Å². The molecule has 0 spiro atoms. The SMILES string of the molecule is Cc1nn(C)cc1C(=O)N1CCN(CC(C)C)[C@@H]2CS(=O)(=O)C[C@@H]21. The lowest BCUT2D eigenvalue weighted by molar-refractivity contribution is 0.0296. The normalized spacial score (nSPS) is 26.8. The highest BCUT2D eigenvalue weighted by atomic mass is 32.2. The van der Waals surface area contributed by atoms with Gasteiger partial charge in [-0.25, -0.2) is 8.42 Å². The maximum absolute atomic E-state index is 13.0. The van der Waals surface area contributed by atoms with Crippen LogP contribution < -0.4 is 0 Å². The quantitative estimate of drug-likeness (QED) is 0.781. The van der Waals surface area contributed by atoms with E-state index in [9.17, 15) is 13.2 Å². The molecule has 134 valence electrons. The van der Waals surface area contributed by atoms with E-state index in [1.807, 2.05) is 6.92 Å². The Hall–Kier alpha value is -1.41. The first-order valence-corrected chi connectivity index (χ1v) is 10.3. The number of sulfone groups is 1. The number of rotatable bonds is 3. The Bertz CT molecular complexity index is 741. The molecule has 0 saturated carbocycles. The van der Waals surface area contributed by atoms with Crippen LogP contribution >= 0.6 is 0 Å². The summed E-state index contributed by atoms with van der Waals surface area (Å²) in [5.74, 6) is 0.589. The Kier molecular flexibility index (Phi) is 4.46. The first-order chi connectivity index (χ1) is 11.2. The molecule has 8 heteroatoms. The van der Waals surface area contributed by atoms with E-state index in [-0.39, 0.29) is 29.5 Å². The van der Waals surface area contributed by atoms with Crippen LogP contribution in [0.4, 0.5) is 0 Å². The molecule has 0 aliphatic carbocycles. The molecule has 0 bridgehead atoms. The van der Waals surface area contributed by atoms with Crippen molar-refractivity contribution in [3.63, 3.8) is 0 Å². The van der Waals surface area contributed by atoms with E-state index in [0.717, 1.165) is 13.1 Å². The van der Waals surface area contributed by atoms with Gasteiger partial charge in [-0.3, -0.25) is 14.4 Å². The molecule has 7 nitrogen and oxygen atoms in total. The minimum atomic E-state index is -3.11. The zero-order chi connectivity index (χ0) is 17.6. The molecule has 0 radical (unpaired) electrons. The molecule has 1 amide bonds. The molecular weight excluding hydrogens is 328 g/mol. The monoisotopic (exact) mass is 354 g/mol. The van der Waals surface area contributed by atoms with E-state index >= 15 is 0 Å². The van der Waals surface area contributed by atoms with Gasteiger partial charge in [0.1, 0.15) is 0 Å². The van der Waals surface area contributed by atoms with Crippen molar-refractivity contribution >= 4 is 15.7 Å². The van der Waals surface area contributed by atoms with Crippen LogP contribution in [0.1, 0.15) is 29.9 Å². The summed E-state index contributed by atoms with van der Waals surface area (Å²) in [7, 11) is -1.32. The van der Waals surface area contributed by atoms with Gasteiger partial charge in [0.2, 0.25) is 0 Å².